The zero-order valence-electron chi connectivity index (χ0n) is 13.5. The molecule has 5 rings (SSSR count). The molecule has 4 nitrogen and oxygen atoms in total. The molecule has 1 aromatic heterocycles. The lowest BCUT2D eigenvalue weighted by Gasteiger charge is -2.45. The monoisotopic (exact) mass is 316 g/mol. The van der Waals surface area contributed by atoms with Crippen molar-refractivity contribution in [2.24, 2.45) is 14.1 Å². The third-order valence-electron chi connectivity index (χ3n) is 5.57. The fraction of sp³-hybridized carbons (Fsp3) is 0.200. The first-order valence-electron chi connectivity index (χ1n) is 8.09. The van der Waals surface area contributed by atoms with E-state index in [2.05, 4.69) is 24.3 Å². The Bertz CT molecular complexity index is 1140. The molecule has 0 saturated carbocycles. The zero-order chi connectivity index (χ0) is 16.6. The maximum atomic E-state index is 12.7. The van der Waals surface area contributed by atoms with Crippen molar-refractivity contribution in [1.82, 2.24) is 9.13 Å². The van der Waals surface area contributed by atoms with Gasteiger partial charge in [-0.1, -0.05) is 48.5 Å². The second-order valence-corrected chi connectivity index (χ2v) is 6.63. The first-order chi connectivity index (χ1) is 11.6. The molecule has 24 heavy (non-hydrogen) atoms. The van der Waals surface area contributed by atoms with Crippen molar-refractivity contribution in [3.63, 3.8) is 0 Å². The third kappa shape index (κ3) is 1.39. The molecular formula is C20H16N2O2. The van der Waals surface area contributed by atoms with Crippen LogP contribution in [0.4, 0.5) is 0 Å². The van der Waals surface area contributed by atoms with E-state index >= 15 is 0 Å². The highest BCUT2D eigenvalue weighted by Gasteiger charge is 2.48. The zero-order valence-corrected chi connectivity index (χ0v) is 13.5. The number of hydrogen-bond donors (Lipinski definition) is 0. The molecule has 0 spiro atoms. The molecule has 0 saturated heterocycles. The Hall–Kier alpha value is -2.88. The first kappa shape index (κ1) is 13.5. The Morgan fingerprint density at radius 3 is 1.92 bits per heavy atom. The smallest absolute Gasteiger partial charge is 0.300 e. The van der Waals surface area contributed by atoms with Gasteiger partial charge in [0.05, 0.1) is 0 Å². The van der Waals surface area contributed by atoms with Crippen molar-refractivity contribution in [2.45, 2.75) is 11.8 Å². The summed E-state index contributed by atoms with van der Waals surface area (Å²) in [5.41, 5.74) is 6.00. The lowest BCUT2D eigenvalue weighted by molar-refractivity contribution is 0.491. The summed E-state index contributed by atoms with van der Waals surface area (Å²) < 4.78 is 2.86. The molecule has 118 valence electrons. The number of hydrogen-bond acceptors (Lipinski definition) is 2. The van der Waals surface area contributed by atoms with Gasteiger partial charge in [-0.15, -0.1) is 0 Å². The fourth-order valence-corrected chi connectivity index (χ4v) is 4.47. The van der Waals surface area contributed by atoms with Crippen LogP contribution in [0.2, 0.25) is 0 Å². The van der Waals surface area contributed by atoms with E-state index in [0.717, 1.165) is 11.3 Å². The normalized spacial score (nSPS) is 19.6. The van der Waals surface area contributed by atoms with Gasteiger partial charge < -0.3 is 0 Å². The third-order valence-corrected chi connectivity index (χ3v) is 5.57. The van der Waals surface area contributed by atoms with E-state index in [4.69, 9.17) is 0 Å². The van der Waals surface area contributed by atoms with Crippen molar-refractivity contribution >= 4 is 0 Å². The molecular weight excluding hydrogens is 300 g/mol. The summed E-state index contributed by atoms with van der Waals surface area (Å²) in [6, 6.07) is 16.6. The Morgan fingerprint density at radius 2 is 1.29 bits per heavy atom. The van der Waals surface area contributed by atoms with Crippen LogP contribution in [-0.4, -0.2) is 9.13 Å². The second kappa shape index (κ2) is 4.35. The van der Waals surface area contributed by atoms with Gasteiger partial charge in [-0.05, 0) is 22.3 Å². The van der Waals surface area contributed by atoms with E-state index in [1.807, 2.05) is 24.3 Å². The summed E-state index contributed by atoms with van der Waals surface area (Å²) in [6.45, 7) is 0. The van der Waals surface area contributed by atoms with Gasteiger partial charge in [-0.3, -0.25) is 13.9 Å². The highest BCUT2D eigenvalue weighted by atomic mass is 16.2. The van der Waals surface area contributed by atoms with Crippen molar-refractivity contribution in [2.75, 3.05) is 0 Å². The number of rotatable bonds is 0. The van der Waals surface area contributed by atoms with Crippen LogP contribution in [0, 0.1) is 0 Å². The molecule has 0 amide bonds. The molecule has 2 atom stereocenters. The Morgan fingerprint density at radius 1 is 0.750 bits per heavy atom. The quantitative estimate of drug-likeness (QED) is 0.639. The van der Waals surface area contributed by atoms with E-state index in [9.17, 15) is 9.59 Å². The predicted molar refractivity (Wildman–Crippen MR) is 92.5 cm³/mol. The van der Waals surface area contributed by atoms with Crippen molar-refractivity contribution < 1.29 is 0 Å². The van der Waals surface area contributed by atoms with Crippen molar-refractivity contribution in [1.29, 1.82) is 0 Å². The molecule has 3 aromatic rings. The first-order valence-corrected chi connectivity index (χ1v) is 8.09. The number of nitrogens with zero attached hydrogens (tertiary/aromatic N) is 2. The highest BCUT2D eigenvalue weighted by molar-refractivity contribution is 5.79. The van der Waals surface area contributed by atoms with Crippen LogP contribution < -0.4 is 11.2 Å². The van der Waals surface area contributed by atoms with Crippen LogP contribution in [0.15, 0.2) is 58.1 Å². The minimum Gasteiger partial charge on any atom is -0.300 e. The maximum absolute atomic E-state index is 12.7. The van der Waals surface area contributed by atoms with E-state index < -0.39 is 0 Å². The van der Waals surface area contributed by atoms with Crippen molar-refractivity contribution in [3.05, 3.63) is 91.8 Å². The van der Waals surface area contributed by atoms with Gasteiger partial charge in [0.1, 0.15) is 0 Å². The second-order valence-electron chi connectivity index (χ2n) is 6.63. The molecule has 0 aliphatic heterocycles. The topological polar surface area (TPSA) is 44.0 Å². The molecule has 0 N–H and O–H groups in total. The number of aromatic nitrogens is 2. The lowest BCUT2D eigenvalue weighted by Crippen LogP contribution is -2.49. The van der Waals surface area contributed by atoms with Crippen LogP contribution in [0.5, 0.6) is 0 Å². The van der Waals surface area contributed by atoms with E-state index in [-0.39, 0.29) is 23.1 Å². The molecule has 2 aliphatic carbocycles. The van der Waals surface area contributed by atoms with Crippen LogP contribution in [-0.2, 0) is 14.1 Å². The minimum atomic E-state index is -0.256. The van der Waals surface area contributed by atoms with E-state index in [1.165, 1.54) is 26.8 Å². The number of fused-ring (bicyclic) bond motifs is 9. The molecule has 2 aromatic carbocycles. The minimum absolute atomic E-state index is 0.0385. The maximum Gasteiger partial charge on any atom is 0.330 e. The molecule has 0 radical (unpaired) electrons. The Balaban J connectivity index is 1.94. The number of benzene rings is 2. The summed E-state index contributed by atoms with van der Waals surface area (Å²) in [6.07, 6.45) is 0. The van der Waals surface area contributed by atoms with Crippen LogP contribution in [0.1, 0.15) is 34.2 Å². The van der Waals surface area contributed by atoms with Gasteiger partial charge in [0.2, 0.25) is 0 Å². The van der Waals surface area contributed by atoms with Crippen LogP contribution >= 0.6 is 0 Å². The lowest BCUT2D eigenvalue weighted by atomic mass is 9.59. The van der Waals surface area contributed by atoms with E-state index in [0.29, 0.717) is 0 Å². The molecule has 2 aliphatic rings. The van der Waals surface area contributed by atoms with Gasteiger partial charge in [0.15, 0.2) is 0 Å². The van der Waals surface area contributed by atoms with Gasteiger partial charge in [-0.25, -0.2) is 4.79 Å². The Kier molecular flexibility index (Phi) is 2.46. The summed E-state index contributed by atoms with van der Waals surface area (Å²) in [4.78, 5) is 25.1. The molecule has 0 bridgehead atoms. The fourth-order valence-electron chi connectivity index (χ4n) is 4.47. The van der Waals surface area contributed by atoms with Crippen LogP contribution in [0.3, 0.4) is 0 Å². The molecule has 4 heteroatoms. The average molecular weight is 316 g/mol. The van der Waals surface area contributed by atoms with Gasteiger partial charge >= 0.3 is 5.69 Å². The summed E-state index contributed by atoms with van der Waals surface area (Å²) >= 11 is 0. The molecule has 0 fully saturated rings. The largest absolute Gasteiger partial charge is 0.330 e. The standard InChI is InChI=1S/C20H16N2O2/c1-21-18-16-14-10-6-4-8-12(14)11-7-3-5-9-13(11)15(16)17(18)19(23)22(2)20(21)24/h3-10,15-16H,1-2H3/t15-,16+/m1/s1. The van der Waals surface area contributed by atoms with Crippen molar-refractivity contribution in [3.8, 4) is 11.1 Å². The summed E-state index contributed by atoms with van der Waals surface area (Å²) in [5.74, 6) is 0.120. The predicted octanol–water partition coefficient (Wildman–Crippen LogP) is 2.34. The highest BCUT2D eigenvalue weighted by Crippen LogP contribution is 2.58. The molecule has 1 heterocycles. The van der Waals surface area contributed by atoms with Gasteiger partial charge in [0.25, 0.3) is 5.56 Å². The molecule has 0 unspecified atom stereocenters. The summed E-state index contributed by atoms with van der Waals surface area (Å²) in [7, 11) is 3.32. The van der Waals surface area contributed by atoms with Crippen LogP contribution in [0.25, 0.3) is 11.1 Å². The Labute approximate surface area is 138 Å². The summed E-state index contributed by atoms with van der Waals surface area (Å²) in [5, 5.41) is 0. The average Bonchev–Trinajstić information content (AvgIpc) is 2.59. The van der Waals surface area contributed by atoms with Gasteiger partial charge in [0, 0.05) is 37.2 Å². The van der Waals surface area contributed by atoms with E-state index in [1.54, 1.807) is 18.7 Å². The van der Waals surface area contributed by atoms with Gasteiger partial charge in [-0.2, -0.15) is 0 Å². The SMILES string of the molecule is Cn1c2c(c(=O)n(C)c1=O)[C@@H]1c3ccccc3-c3ccccc3[C@H]21.